The number of ether oxygens (including phenoxy) is 2. The maximum absolute atomic E-state index is 12.7. The Hall–Kier alpha value is -1.58. The van der Waals surface area contributed by atoms with Crippen molar-refractivity contribution in [1.29, 1.82) is 0 Å². The fourth-order valence-corrected chi connectivity index (χ4v) is 3.65. The van der Waals surface area contributed by atoms with Crippen molar-refractivity contribution in [2.75, 3.05) is 13.2 Å². The Balaban J connectivity index is 3.45. The van der Waals surface area contributed by atoms with E-state index in [1.807, 2.05) is 31.2 Å². The van der Waals surface area contributed by atoms with Crippen LogP contribution < -0.4 is 0 Å². The van der Waals surface area contributed by atoms with Crippen LogP contribution in [0.15, 0.2) is 28.7 Å². The molecular formula is C21H29BrO4Si. The molecule has 0 heterocycles. The van der Waals surface area contributed by atoms with Gasteiger partial charge in [-0.25, -0.2) is 0 Å². The minimum Gasteiger partial charge on any atom is -0.465 e. The first-order chi connectivity index (χ1) is 12.6. The summed E-state index contributed by atoms with van der Waals surface area (Å²) < 4.78 is 11.3. The molecule has 4 nitrogen and oxygen atoms in total. The van der Waals surface area contributed by atoms with E-state index in [1.165, 1.54) is 0 Å². The van der Waals surface area contributed by atoms with Crippen LogP contribution in [-0.4, -0.2) is 33.2 Å². The average Bonchev–Trinajstić information content (AvgIpc) is 2.58. The molecule has 0 aliphatic carbocycles. The third kappa shape index (κ3) is 7.51. The van der Waals surface area contributed by atoms with Gasteiger partial charge in [-0.1, -0.05) is 54.6 Å². The van der Waals surface area contributed by atoms with Gasteiger partial charge in [-0.3, -0.25) is 9.59 Å². The number of halogens is 1. The third-order valence-corrected chi connectivity index (χ3v) is 5.33. The Labute approximate surface area is 172 Å². The molecule has 2 atom stereocenters. The summed E-state index contributed by atoms with van der Waals surface area (Å²) in [6.45, 7) is 12.3. The lowest BCUT2D eigenvalue weighted by Crippen LogP contribution is -2.36. The Morgan fingerprint density at radius 3 is 1.93 bits per heavy atom. The van der Waals surface area contributed by atoms with Gasteiger partial charge in [0.25, 0.3) is 0 Å². The van der Waals surface area contributed by atoms with Crippen molar-refractivity contribution in [1.82, 2.24) is 0 Å². The molecule has 27 heavy (non-hydrogen) atoms. The van der Waals surface area contributed by atoms with Gasteiger partial charge in [-0.05, 0) is 31.5 Å². The van der Waals surface area contributed by atoms with Gasteiger partial charge in [0.05, 0.1) is 13.2 Å². The molecule has 0 saturated carbocycles. The van der Waals surface area contributed by atoms with Crippen LogP contribution in [0.3, 0.4) is 0 Å². The lowest BCUT2D eigenvalue weighted by molar-refractivity contribution is -0.163. The predicted octanol–water partition coefficient (Wildman–Crippen LogP) is 4.79. The number of hydrogen-bond acceptors (Lipinski definition) is 4. The minimum absolute atomic E-state index is 0.205. The molecule has 0 aliphatic heterocycles. The van der Waals surface area contributed by atoms with E-state index < -0.39 is 31.8 Å². The van der Waals surface area contributed by atoms with Gasteiger partial charge in [-0.15, -0.1) is 11.5 Å². The zero-order chi connectivity index (χ0) is 20.6. The predicted molar refractivity (Wildman–Crippen MR) is 114 cm³/mol. The second-order valence-electron chi connectivity index (χ2n) is 7.37. The average molecular weight is 453 g/mol. The first-order valence-electron chi connectivity index (χ1n) is 9.22. The molecule has 1 aromatic rings. The van der Waals surface area contributed by atoms with Gasteiger partial charge < -0.3 is 9.47 Å². The summed E-state index contributed by atoms with van der Waals surface area (Å²) in [5.41, 5.74) is 4.22. The quantitative estimate of drug-likeness (QED) is 0.258. The van der Waals surface area contributed by atoms with E-state index in [4.69, 9.17) is 9.47 Å². The maximum Gasteiger partial charge on any atom is 0.320 e. The van der Waals surface area contributed by atoms with Crippen LogP contribution in [0, 0.1) is 23.3 Å². The van der Waals surface area contributed by atoms with Gasteiger partial charge >= 0.3 is 11.9 Å². The fourth-order valence-electron chi connectivity index (χ4n) is 2.73. The van der Waals surface area contributed by atoms with E-state index in [1.54, 1.807) is 13.8 Å². The van der Waals surface area contributed by atoms with E-state index in [9.17, 15) is 9.59 Å². The highest BCUT2D eigenvalue weighted by Gasteiger charge is 2.41. The Bertz CT molecular complexity index is 680. The van der Waals surface area contributed by atoms with Crippen molar-refractivity contribution in [3.8, 4) is 11.5 Å². The summed E-state index contributed by atoms with van der Waals surface area (Å²) in [5.74, 6) is 0.466. The van der Waals surface area contributed by atoms with Crippen LogP contribution >= 0.6 is 15.9 Å². The highest BCUT2D eigenvalue weighted by atomic mass is 79.9. The van der Waals surface area contributed by atoms with Crippen LogP contribution in [-0.2, 0) is 19.1 Å². The van der Waals surface area contributed by atoms with Crippen molar-refractivity contribution >= 4 is 35.9 Å². The van der Waals surface area contributed by atoms with Crippen molar-refractivity contribution in [2.24, 2.45) is 11.8 Å². The fraction of sp³-hybridized carbons (Fsp3) is 0.524. The maximum atomic E-state index is 12.7. The topological polar surface area (TPSA) is 52.6 Å². The highest BCUT2D eigenvalue weighted by Crippen LogP contribution is 2.35. The van der Waals surface area contributed by atoms with E-state index in [2.05, 4.69) is 47.0 Å². The van der Waals surface area contributed by atoms with Crippen molar-refractivity contribution in [3.05, 3.63) is 34.3 Å². The van der Waals surface area contributed by atoms with Gasteiger partial charge in [0.1, 0.15) is 8.07 Å². The molecule has 148 valence electrons. The molecule has 0 saturated heterocycles. The molecule has 0 aromatic heterocycles. The summed E-state index contributed by atoms with van der Waals surface area (Å²) in [6.07, 6.45) is 0. The van der Waals surface area contributed by atoms with Crippen LogP contribution in [0.4, 0.5) is 0 Å². The molecule has 1 aromatic carbocycles. The van der Waals surface area contributed by atoms with Gasteiger partial charge in [0.15, 0.2) is 5.92 Å². The van der Waals surface area contributed by atoms with Gasteiger partial charge in [-0.2, -0.15) is 0 Å². The summed E-state index contributed by atoms with van der Waals surface area (Å²) in [4.78, 5) is 25.4. The van der Waals surface area contributed by atoms with E-state index in [0.29, 0.717) is 0 Å². The molecular weight excluding hydrogens is 424 g/mol. The molecule has 0 aliphatic rings. The van der Waals surface area contributed by atoms with Crippen LogP contribution in [0.5, 0.6) is 0 Å². The normalized spacial score (nSPS) is 13.3. The molecule has 0 bridgehead atoms. The van der Waals surface area contributed by atoms with Gasteiger partial charge in [0, 0.05) is 16.3 Å². The van der Waals surface area contributed by atoms with Crippen molar-refractivity contribution in [2.45, 2.75) is 46.3 Å². The summed E-state index contributed by atoms with van der Waals surface area (Å²) in [7, 11) is -1.60. The number of rotatable bonds is 7. The first-order valence-corrected chi connectivity index (χ1v) is 13.5. The van der Waals surface area contributed by atoms with Crippen LogP contribution in [0.25, 0.3) is 0 Å². The summed E-state index contributed by atoms with van der Waals surface area (Å²) in [6, 6.07) is 7.61. The second kappa shape index (κ2) is 10.7. The largest absolute Gasteiger partial charge is 0.465 e. The molecule has 0 spiro atoms. The Kier molecular flexibility index (Phi) is 9.27. The zero-order valence-corrected chi connectivity index (χ0v) is 19.6. The molecule has 0 fully saturated rings. The van der Waals surface area contributed by atoms with Crippen LogP contribution in [0.1, 0.15) is 32.3 Å². The lowest BCUT2D eigenvalue weighted by Gasteiger charge is -2.27. The number of carbonyl (C=O) groups excluding carboxylic acids is 2. The Morgan fingerprint density at radius 1 is 1.04 bits per heavy atom. The monoisotopic (exact) mass is 452 g/mol. The Morgan fingerprint density at radius 2 is 1.52 bits per heavy atom. The molecule has 0 N–H and O–H groups in total. The molecule has 6 heteroatoms. The third-order valence-electron chi connectivity index (χ3n) is 3.91. The molecule has 0 unspecified atom stereocenters. The standard InChI is InChI=1S/C21H29BrO4Si/c1-7-25-20(23)19(21(24)26-8-2)18(15(3)13-14-27(4,5)6)16-9-11-17(22)12-10-16/h9-12,15,18-19H,7-8H2,1-6H3/t15-,18+/m0/s1. The lowest BCUT2D eigenvalue weighted by atomic mass is 9.77. The summed E-state index contributed by atoms with van der Waals surface area (Å²) in [5, 5.41) is 0. The smallest absolute Gasteiger partial charge is 0.320 e. The number of hydrogen-bond donors (Lipinski definition) is 0. The SMILES string of the molecule is CCOC(=O)C(C(=O)OCC)[C@@H](c1ccc(Br)cc1)[C@@H](C)C#C[Si](C)(C)C. The number of carbonyl (C=O) groups is 2. The van der Waals surface area contributed by atoms with E-state index in [-0.39, 0.29) is 19.1 Å². The highest BCUT2D eigenvalue weighted by molar-refractivity contribution is 9.10. The van der Waals surface area contributed by atoms with Crippen LogP contribution in [0.2, 0.25) is 19.6 Å². The number of esters is 2. The zero-order valence-electron chi connectivity index (χ0n) is 17.0. The van der Waals surface area contributed by atoms with E-state index in [0.717, 1.165) is 10.0 Å². The van der Waals surface area contributed by atoms with Crippen molar-refractivity contribution < 1.29 is 19.1 Å². The molecule has 0 amide bonds. The molecule has 1 rings (SSSR count). The molecule has 0 radical (unpaired) electrons. The number of benzene rings is 1. The van der Waals surface area contributed by atoms with E-state index >= 15 is 0 Å². The summed E-state index contributed by atoms with van der Waals surface area (Å²) >= 11 is 3.43. The van der Waals surface area contributed by atoms with Gasteiger partial charge in [0.2, 0.25) is 0 Å². The minimum atomic E-state index is -1.60. The first kappa shape index (κ1) is 23.5. The van der Waals surface area contributed by atoms with Crippen molar-refractivity contribution in [3.63, 3.8) is 0 Å². The second-order valence-corrected chi connectivity index (χ2v) is 13.0.